The second-order valence-corrected chi connectivity index (χ2v) is 10.8. The van der Waals surface area contributed by atoms with Crippen LogP contribution in [0.1, 0.15) is 49.8 Å². The molecule has 0 aromatic heterocycles. The van der Waals surface area contributed by atoms with E-state index in [2.05, 4.69) is 85.3 Å². The highest BCUT2D eigenvalue weighted by Crippen LogP contribution is 2.55. The van der Waals surface area contributed by atoms with Gasteiger partial charge in [0.15, 0.2) is 0 Å². The van der Waals surface area contributed by atoms with Crippen molar-refractivity contribution in [1.29, 1.82) is 0 Å². The number of hydrogen-bond donors (Lipinski definition) is 0. The van der Waals surface area contributed by atoms with Crippen molar-refractivity contribution in [2.45, 2.75) is 50.7 Å². The number of rotatable bonds is 1. The monoisotopic (exact) mass is 449 g/mol. The molecular formula is C30H31N3O. The summed E-state index contributed by atoms with van der Waals surface area (Å²) in [5.74, 6) is 0.881. The predicted octanol–water partition coefficient (Wildman–Crippen LogP) is 6.44. The average Bonchev–Trinajstić information content (AvgIpc) is 3.03. The first-order valence-corrected chi connectivity index (χ1v) is 12.6. The lowest BCUT2D eigenvalue weighted by molar-refractivity contribution is 0.0826. The van der Waals surface area contributed by atoms with Gasteiger partial charge in [-0.15, -0.1) is 0 Å². The van der Waals surface area contributed by atoms with Crippen LogP contribution in [-0.2, 0) is 11.8 Å². The van der Waals surface area contributed by atoms with Gasteiger partial charge in [0.1, 0.15) is 11.4 Å². The molecular weight excluding hydrogens is 418 g/mol. The van der Waals surface area contributed by atoms with E-state index in [0.29, 0.717) is 0 Å². The highest BCUT2D eigenvalue weighted by atomic mass is 16.5. The average molecular weight is 450 g/mol. The number of anilines is 1. The molecule has 1 unspecified atom stereocenters. The van der Waals surface area contributed by atoms with Crippen LogP contribution in [0.2, 0.25) is 0 Å². The van der Waals surface area contributed by atoms with E-state index in [4.69, 9.17) is 9.73 Å². The molecule has 0 N–H and O–H groups in total. The summed E-state index contributed by atoms with van der Waals surface area (Å²) < 4.78 is 7.02. The number of para-hydroxylation sites is 1. The molecule has 0 radical (unpaired) electrons. The zero-order valence-corrected chi connectivity index (χ0v) is 20.3. The van der Waals surface area contributed by atoms with Crippen molar-refractivity contribution in [3.63, 3.8) is 0 Å². The van der Waals surface area contributed by atoms with Crippen molar-refractivity contribution in [1.82, 2.24) is 4.90 Å². The van der Waals surface area contributed by atoms with Crippen molar-refractivity contribution >= 4 is 34.4 Å². The van der Waals surface area contributed by atoms with Gasteiger partial charge in [0.2, 0.25) is 5.72 Å². The molecule has 3 aliphatic heterocycles. The van der Waals surface area contributed by atoms with Crippen LogP contribution in [0.15, 0.2) is 59.2 Å². The SMILES string of the molecule is CN1c2ccccc2C(C)(C)C12C=Nc1c(cc3c4c(cccc14)CC(N1CCCCC1)=C3)O2. The molecule has 3 aromatic carbocycles. The summed E-state index contributed by atoms with van der Waals surface area (Å²) in [5.41, 5.74) is 6.67. The highest BCUT2D eigenvalue weighted by molar-refractivity contribution is 6.06. The van der Waals surface area contributed by atoms with Crippen LogP contribution >= 0.6 is 0 Å². The normalized spacial score (nSPS) is 24.1. The minimum atomic E-state index is -0.657. The second-order valence-electron chi connectivity index (χ2n) is 10.8. The van der Waals surface area contributed by atoms with Crippen LogP contribution in [0.25, 0.3) is 16.8 Å². The Morgan fingerprint density at radius 1 is 0.971 bits per heavy atom. The third-order valence-electron chi connectivity index (χ3n) is 8.64. The number of benzene rings is 3. The van der Waals surface area contributed by atoms with Crippen LogP contribution in [0.3, 0.4) is 0 Å². The number of piperidine rings is 1. The fourth-order valence-electron chi connectivity index (χ4n) is 6.71. The molecule has 4 nitrogen and oxygen atoms in total. The van der Waals surface area contributed by atoms with E-state index in [1.807, 2.05) is 6.21 Å². The summed E-state index contributed by atoms with van der Waals surface area (Å²) in [6.07, 6.45) is 9.39. The lowest BCUT2D eigenvalue weighted by atomic mass is 9.77. The topological polar surface area (TPSA) is 28.1 Å². The molecule has 4 aliphatic rings. The zero-order valence-electron chi connectivity index (χ0n) is 20.3. The summed E-state index contributed by atoms with van der Waals surface area (Å²) >= 11 is 0. The molecule has 1 spiro atoms. The van der Waals surface area contributed by atoms with Gasteiger partial charge in [-0.3, -0.25) is 4.99 Å². The maximum atomic E-state index is 7.02. The lowest BCUT2D eigenvalue weighted by Gasteiger charge is -2.45. The van der Waals surface area contributed by atoms with E-state index in [1.54, 1.807) is 0 Å². The van der Waals surface area contributed by atoms with E-state index in [9.17, 15) is 0 Å². The summed E-state index contributed by atoms with van der Waals surface area (Å²) in [6.45, 7) is 6.88. The van der Waals surface area contributed by atoms with Gasteiger partial charge >= 0.3 is 0 Å². The molecule has 1 atom stereocenters. The Morgan fingerprint density at radius 3 is 2.62 bits per heavy atom. The lowest BCUT2D eigenvalue weighted by Crippen LogP contribution is -2.61. The molecule has 1 aliphatic carbocycles. The number of aliphatic imine (C=N–C) groups is 1. The molecule has 0 saturated carbocycles. The fraction of sp³-hybridized carbons (Fsp3) is 0.367. The van der Waals surface area contributed by atoms with Crippen LogP contribution in [0.4, 0.5) is 11.4 Å². The first-order chi connectivity index (χ1) is 16.5. The minimum Gasteiger partial charge on any atom is -0.459 e. The number of ether oxygens (including phenoxy) is 1. The van der Waals surface area contributed by atoms with E-state index >= 15 is 0 Å². The van der Waals surface area contributed by atoms with E-state index in [0.717, 1.165) is 17.9 Å². The molecule has 3 heterocycles. The maximum Gasteiger partial charge on any atom is 0.228 e. The van der Waals surface area contributed by atoms with Gasteiger partial charge in [0, 0.05) is 43.3 Å². The predicted molar refractivity (Wildman–Crippen MR) is 140 cm³/mol. The Bertz CT molecular complexity index is 1400. The highest BCUT2D eigenvalue weighted by Gasteiger charge is 2.58. The molecule has 7 rings (SSSR count). The number of likely N-dealkylation sites (N-methyl/N-ethyl adjacent to an activating group) is 1. The Hall–Kier alpha value is -3.27. The molecule has 0 amide bonds. The standard InChI is InChI=1S/C30H31N3O/c1-29(2)24-12-5-6-13-25(24)32(3)30(29)19-31-28-23-11-9-10-20-16-22(33-14-7-4-8-15-33)17-21(27(20)23)18-26(28)34-30/h5-6,9-13,17-19H,4,7-8,14-16H2,1-3H3. The van der Waals surface area contributed by atoms with Crippen molar-refractivity contribution in [2.24, 2.45) is 4.99 Å². The van der Waals surface area contributed by atoms with Crippen molar-refractivity contribution in [2.75, 3.05) is 25.0 Å². The first-order valence-electron chi connectivity index (χ1n) is 12.6. The van der Waals surface area contributed by atoms with Gasteiger partial charge in [-0.05, 0) is 73.4 Å². The van der Waals surface area contributed by atoms with Crippen LogP contribution in [-0.4, -0.2) is 37.0 Å². The molecule has 172 valence electrons. The minimum absolute atomic E-state index is 0.248. The fourth-order valence-corrected chi connectivity index (χ4v) is 6.71. The van der Waals surface area contributed by atoms with Crippen molar-refractivity contribution < 1.29 is 4.74 Å². The second kappa shape index (κ2) is 6.88. The van der Waals surface area contributed by atoms with Crippen LogP contribution in [0.5, 0.6) is 5.75 Å². The van der Waals surface area contributed by atoms with E-state index in [1.165, 1.54) is 71.2 Å². The Labute approximate surface area is 201 Å². The molecule has 1 fully saturated rings. The van der Waals surface area contributed by atoms with Crippen LogP contribution < -0.4 is 9.64 Å². The van der Waals surface area contributed by atoms with Gasteiger partial charge in [0.05, 0.1) is 11.6 Å². The number of hydrogen-bond acceptors (Lipinski definition) is 4. The van der Waals surface area contributed by atoms with Gasteiger partial charge in [-0.25, -0.2) is 0 Å². The number of likely N-dealkylation sites (tertiary alicyclic amines) is 1. The first kappa shape index (κ1) is 20.1. The third-order valence-corrected chi connectivity index (χ3v) is 8.64. The van der Waals surface area contributed by atoms with Crippen molar-refractivity contribution in [3.05, 3.63) is 70.9 Å². The molecule has 1 saturated heterocycles. The Morgan fingerprint density at radius 2 is 1.79 bits per heavy atom. The quantitative estimate of drug-likeness (QED) is 0.428. The largest absolute Gasteiger partial charge is 0.459 e. The van der Waals surface area contributed by atoms with Gasteiger partial charge in [0.25, 0.3) is 0 Å². The van der Waals surface area contributed by atoms with Gasteiger partial charge < -0.3 is 14.5 Å². The smallest absolute Gasteiger partial charge is 0.228 e. The van der Waals surface area contributed by atoms with Crippen LogP contribution in [0, 0.1) is 0 Å². The van der Waals surface area contributed by atoms with Crippen molar-refractivity contribution in [3.8, 4) is 5.75 Å². The summed E-state index contributed by atoms with van der Waals surface area (Å²) in [7, 11) is 2.13. The third kappa shape index (κ3) is 2.51. The van der Waals surface area contributed by atoms with E-state index in [-0.39, 0.29) is 5.41 Å². The summed E-state index contributed by atoms with van der Waals surface area (Å²) in [6, 6.07) is 17.5. The van der Waals surface area contributed by atoms with E-state index < -0.39 is 5.72 Å². The Kier molecular flexibility index (Phi) is 4.07. The molecule has 4 heteroatoms. The molecule has 3 aromatic rings. The maximum absolute atomic E-state index is 7.02. The summed E-state index contributed by atoms with van der Waals surface area (Å²) in [5, 5.41) is 2.53. The Balaban J connectivity index is 1.39. The molecule has 0 bridgehead atoms. The summed E-state index contributed by atoms with van der Waals surface area (Å²) in [4.78, 5) is 9.97. The van der Waals surface area contributed by atoms with Gasteiger partial charge in [-0.2, -0.15) is 0 Å². The van der Waals surface area contributed by atoms with Gasteiger partial charge in [-0.1, -0.05) is 36.4 Å². The zero-order chi connectivity index (χ0) is 23.1. The number of fused-ring (bicyclic) bond motifs is 3. The molecule has 34 heavy (non-hydrogen) atoms. The number of nitrogens with zero attached hydrogens (tertiary/aromatic N) is 3. The number of allylic oxidation sites excluding steroid dienone is 1.